The van der Waals surface area contributed by atoms with Crippen molar-refractivity contribution in [2.45, 2.75) is 39.2 Å². The first-order valence-corrected chi connectivity index (χ1v) is 10.2. The van der Waals surface area contributed by atoms with Crippen LogP contribution >= 0.6 is 11.8 Å². The fraction of sp³-hybridized carbons (Fsp3) is 0.421. The predicted octanol–water partition coefficient (Wildman–Crippen LogP) is 3.45. The van der Waals surface area contributed by atoms with E-state index in [4.69, 9.17) is 0 Å². The Bertz CT molecular complexity index is 833. The van der Waals surface area contributed by atoms with E-state index in [2.05, 4.69) is 31.7 Å². The van der Waals surface area contributed by atoms with E-state index in [1.54, 1.807) is 11.8 Å². The number of carbonyl (C=O) groups is 1. The van der Waals surface area contributed by atoms with Gasteiger partial charge in [-0.1, -0.05) is 12.1 Å². The number of amides is 1. The summed E-state index contributed by atoms with van der Waals surface area (Å²) >= 11 is 1.77. The van der Waals surface area contributed by atoms with E-state index in [1.165, 1.54) is 0 Å². The Labute approximate surface area is 157 Å². The van der Waals surface area contributed by atoms with E-state index in [0.717, 1.165) is 46.0 Å². The summed E-state index contributed by atoms with van der Waals surface area (Å²) in [5.74, 6) is 1.82. The molecule has 0 saturated heterocycles. The topological polar surface area (TPSA) is 86.5 Å². The van der Waals surface area contributed by atoms with E-state index in [0.29, 0.717) is 12.8 Å². The predicted molar refractivity (Wildman–Crippen MR) is 106 cm³/mol. The third-order valence-electron chi connectivity index (χ3n) is 4.57. The molecule has 0 radical (unpaired) electrons. The van der Waals surface area contributed by atoms with E-state index in [-0.39, 0.29) is 11.9 Å². The summed E-state index contributed by atoms with van der Waals surface area (Å²) in [6.45, 7) is 3.95. The zero-order chi connectivity index (χ0) is 18.5. The van der Waals surface area contributed by atoms with Crippen molar-refractivity contribution in [2.24, 2.45) is 0 Å². The van der Waals surface area contributed by atoms with Crippen LogP contribution in [-0.2, 0) is 11.2 Å². The smallest absolute Gasteiger partial charge is 0.220 e. The molecule has 0 saturated carbocycles. The van der Waals surface area contributed by atoms with Gasteiger partial charge < -0.3 is 10.3 Å². The highest BCUT2D eigenvalue weighted by Crippen LogP contribution is 2.20. The zero-order valence-electron chi connectivity index (χ0n) is 15.4. The lowest BCUT2D eigenvalue weighted by Crippen LogP contribution is -2.30. The molecule has 6 nitrogen and oxygen atoms in total. The minimum absolute atomic E-state index is 0.0385. The molecular weight excluding hydrogens is 346 g/mol. The van der Waals surface area contributed by atoms with Gasteiger partial charge in [0.2, 0.25) is 5.91 Å². The maximum absolute atomic E-state index is 12.5. The molecule has 7 heteroatoms. The third-order valence-corrected chi connectivity index (χ3v) is 5.21. The Morgan fingerprint density at radius 2 is 2.12 bits per heavy atom. The van der Waals surface area contributed by atoms with Gasteiger partial charge in [-0.05, 0) is 56.4 Å². The number of carbonyl (C=O) groups excluding carboxylic acids is 1. The number of aromatic nitrogens is 4. The number of nitrogens with one attached hydrogen (secondary N) is 3. The number of fused-ring (bicyclic) bond motifs is 1. The van der Waals surface area contributed by atoms with Crippen molar-refractivity contribution >= 4 is 28.7 Å². The second kappa shape index (κ2) is 8.40. The Morgan fingerprint density at radius 3 is 2.81 bits per heavy atom. The molecule has 138 valence electrons. The molecule has 2 aromatic heterocycles. The molecule has 3 aromatic rings. The minimum Gasteiger partial charge on any atom is -0.346 e. The average Bonchev–Trinajstić information content (AvgIpc) is 3.20. The molecule has 0 unspecified atom stereocenters. The number of hydrogen-bond acceptors (Lipinski definition) is 4. The molecule has 0 fully saturated rings. The highest BCUT2D eigenvalue weighted by Gasteiger charge is 2.18. The molecule has 0 bridgehead atoms. The van der Waals surface area contributed by atoms with Gasteiger partial charge in [0.05, 0.1) is 22.8 Å². The highest BCUT2D eigenvalue weighted by molar-refractivity contribution is 7.98. The molecule has 2 heterocycles. The van der Waals surface area contributed by atoms with Gasteiger partial charge in [-0.25, -0.2) is 4.98 Å². The zero-order valence-corrected chi connectivity index (χ0v) is 16.2. The number of hydrogen-bond donors (Lipinski definition) is 3. The van der Waals surface area contributed by atoms with Gasteiger partial charge in [0.1, 0.15) is 5.82 Å². The van der Waals surface area contributed by atoms with Gasteiger partial charge >= 0.3 is 0 Å². The van der Waals surface area contributed by atoms with E-state index >= 15 is 0 Å². The quantitative estimate of drug-likeness (QED) is 0.566. The molecule has 0 spiro atoms. The van der Waals surface area contributed by atoms with Crippen molar-refractivity contribution in [1.29, 1.82) is 0 Å². The number of para-hydroxylation sites is 2. The van der Waals surface area contributed by atoms with Crippen LogP contribution in [0.2, 0.25) is 0 Å². The van der Waals surface area contributed by atoms with Crippen LogP contribution < -0.4 is 5.32 Å². The highest BCUT2D eigenvalue weighted by atomic mass is 32.2. The molecule has 3 rings (SSSR count). The molecule has 1 amide bonds. The first-order valence-electron chi connectivity index (χ1n) is 8.82. The first-order chi connectivity index (χ1) is 12.6. The Kier molecular flexibility index (Phi) is 5.98. The van der Waals surface area contributed by atoms with Crippen molar-refractivity contribution in [3.63, 3.8) is 0 Å². The Balaban J connectivity index is 1.68. The molecule has 1 aromatic carbocycles. The normalized spacial score (nSPS) is 12.4. The van der Waals surface area contributed by atoms with Crippen LogP contribution in [0, 0.1) is 13.8 Å². The van der Waals surface area contributed by atoms with Crippen LogP contribution in [0.3, 0.4) is 0 Å². The molecular formula is C19H25N5OS. The number of aryl methyl sites for hydroxylation is 2. The number of imidazole rings is 1. The number of benzene rings is 1. The van der Waals surface area contributed by atoms with Crippen molar-refractivity contribution in [3.05, 3.63) is 47.0 Å². The Hall–Kier alpha value is -2.28. The second-order valence-electron chi connectivity index (χ2n) is 6.45. The standard InChI is InChI=1S/C19H25N5OS/c1-12-14(13(2)24-23-12)8-9-18(25)20-17(10-11-26-3)19-21-15-6-4-5-7-16(15)22-19/h4-7,17H,8-11H2,1-3H3,(H,20,25)(H,21,22)(H,23,24)/t17-/m0/s1. The van der Waals surface area contributed by atoms with Gasteiger partial charge in [-0.2, -0.15) is 16.9 Å². The summed E-state index contributed by atoms with van der Waals surface area (Å²) in [7, 11) is 0. The van der Waals surface area contributed by atoms with Crippen molar-refractivity contribution < 1.29 is 4.79 Å². The van der Waals surface area contributed by atoms with Gasteiger partial charge in [0, 0.05) is 12.1 Å². The fourth-order valence-electron chi connectivity index (χ4n) is 3.10. The third kappa shape index (κ3) is 4.27. The summed E-state index contributed by atoms with van der Waals surface area (Å²) < 4.78 is 0. The van der Waals surface area contributed by atoms with Gasteiger partial charge in [0.15, 0.2) is 0 Å². The van der Waals surface area contributed by atoms with Crippen LogP contribution in [0.4, 0.5) is 0 Å². The minimum atomic E-state index is -0.103. The maximum Gasteiger partial charge on any atom is 0.220 e. The van der Waals surface area contributed by atoms with Crippen LogP contribution in [0.1, 0.15) is 41.7 Å². The summed E-state index contributed by atoms with van der Waals surface area (Å²) in [5, 5.41) is 10.3. The number of H-pyrrole nitrogens is 2. The lowest BCUT2D eigenvalue weighted by atomic mass is 10.1. The van der Waals surface area contributed by atoms with E-state index in [9.17, 15) is 4.79 Å². The molecule has 0 aliphatic rings. The summed E-state index contributed by atoms with van der Waals surface area (Å²) in [5.41, 5.74) is 5.05. The van der Waals surface area contributed by atoms with Crippen LogP contribution in [0.15, 0.2) is 24.3 Å². The summed E-state index contributed by atoms with van der Waals surface area (Å²) in [6, 6.07) is 7.83. The van der Waals surface area contributed by atoms with Crippen molar-refractivity contribution in [3.8, 4) is 0 Å². The van der Waals surface area contributed by atoms with Crippen LogP contribution in [-0.4, -0.2) is 38.1 Å². The van der Waals surface area contributed by atoms with E-state index in [1.807, 2.05) is 38.1 Å². The molecule has 3 N–H and O–H groups in total. The first kappa shape index (κ1) is 18.5. The lowest BCUT2D eigenvalue weighted by molar-refractivity contribution is -0.121. The van der Waals surface area contributed by atoms with Gasteiger partial charge in [-0.15, -0.1) is 0 Å². The average molecular weight is 372 g/mol. The molecule has 1 atom stereocenters. The SMILES string of the molecule is CSCC[C@H](NC(=O)CCc1c(C)n[nH]c1C)c1nc2ccccc2[nH]1. The van der Waals surface area contributed by atoms with Crippen molar-refractivity contribution in [1.82, 2.24) is 25.5 Å². The van der Waals surface area contributed by atoms with Gasteiger partial charge in [-0.3, -0.25) is 9.89 Å². The van der Waals surface area contributed by atoms with Crippen LogP contribution in [0.5, 0.6) is 0 Å². The lowest BCUT2D eigenvalue weighted by Gasteiger charge is -2.16. The Morgan fingerprint density at radius 1 is 1.31 bits per heavy atom. The molecule has 26 heavy (non-hydrogen) atoms. The maximum atomic E-state index is 12.5. The monoisotopic (exact) mass is 371 g/mol. The number of rotatable bonds is 8. The fourth-order valence-corrected chi connectivity index (χ4v) is 3.57. The second-order valence-corrected chi connectivity index (χ2v) is 7.44. The summed E-state index contributed by atoms with van der Waals surface area (Å²) in [6.07, 6.45) is 4.05. The van der Waals surface area contributed by atoms with Crippen LogP contribution in [0.25, 0.3) is 11.0 Å². The van der Waals surface area contributed by atoms with E-state index < -0.39 is 0 Å². The summed E-state index contributed by atoms with van der Waals surface area (Å²) in [4.78, 5) is 20.5. The van der Waals surface area contributed by atoms with Gasteiger partial charge in [0.25, 0.3) is 0 Å². The number of aromatic amines is 2. The van der Waals surface area contributed by atoms with Crippen molar-refractivity contribution in [2.75, 3.05) is 12.0 Å². The largest absolute Gasteiger partial charge is 0.346 e. The number of thioether (sulfide) groups is 1. The molecule has 0 aliphatic carbocycles. The molecule has 0 aliphatic heterocycles. The number of nitrogens with zero attached hydrogens (tertiary/aromatic N) is 2.